The van der Waals surface area contributed by atoms with E-state index < -0.39 is 23.4 Å². The number of benzene rings is 1. The van der Waals surface area contributed by atoms with Gasteiger partial charge in [-0.3, -0.25) is 14.5 Å². The zero-order valence-corrected chi connectivity index (χ0v) is 13.2. The van der Waals surface area contributed by atoms with Gasteiger partial charge < -0.3 is 15.5 Å². The normalized spacial score (nSPS) is 16.5. The van der Waals surface area contributed by atoms with Crippen LogP contribution in [0.1, 0.15) is 25.8 Å². The van der Waals surface area contributed by atoms with E-state index in [1.807, 2.05) is 0 Å². The molecule has 0 radical (unpaired) electrons. The molecule has 0 atom stereocenters. The quantitative estimate of drug-likeness (QED) is 0.266. The molecule has 4 amide bonds. The fourth-order valence-electron chi connectivity index (χ4n) is 2.12. The third-order valence-electron chi connectivity index (χ3n) is 3.45. The Kier molecular flexibility index (Phi) is 4.72. The number of phenols is 2. The summed E-state index contributed by atoms with van der Waals surface area (Å²) < 4.78 is 0. The summed E-state index contributed by atoms with van der Waals surface area (Å²) in [5.74, 6) is -1.55. The molecule has 0 aliphatic carbocycles. The number of para-hydroxylation sites is 1. The summed E-state index contributed by atoms with van der Waals surface area (Å²) in [7, 11) is 0. The Hall–Kier alpha value is -3.10. The molecule has 2 rings (SSSR count). The highest BCUT2D eigenvalue weighted by Gasteiger charge is 2.43. The van der Waals surface area contributed by atoms with Gasteiger partial charge in [-0.15, -0.1) is 0 Å². The van der Waals surface area contributed by atoms with Crippen LogP contribution in [-0.2, 0) is 9.59 Å². The van der Waals surface area contributed by atoms with E-state index in [-0.39, 0.29) is 30.0 Å². The Morgan fingerprint density at radius 3 is 2.71 bits per heavy atom. The molecule has 4 N–H and O–H groups in total. The lowest BCUT2D eigenvalue weighted by molar-refractivity contribution is -0.130. The molecular formula is C15H18N4O5. The number of hydrogen-bond donors (Lipinski definition) is 4. The Balaban J connectivity index is 1.86. The molecule has 24 heavy (non-hydrogen) atoms. The smallest absolute Gasteiger partial charge is 0.325 e. The average molecular weight is 334 g/mol. The number of hydrogen-bond acceptors (Lipinski definition) is 6. The molecule has 1 heterocycles. The van der Waals surface area contributed by atoms with Crippen molar-refractivity contribution in [3.8, 4) is 11.5 Å². The lowest BCUT2D eigenvalue weighted by Crippen LogP contribution is -2.40. The molecule has 1 fully saturated rings. The molecule has 9 heteroatoms. The number of carbonyl (C=O) groups excluding carboxylic acids is 3. The molecule has 128 valence electrons. The summed E-state index contributed by atoms with van der Waals surface area (Å²) in [5.41, 5.74) is 1.47. The Morgan fingerprint density at radius 1 is 1.38 bits per heavy atom. The van der Waals surface area contributed by atoms with Gasteiger partial charge in [0.05, 0.1) is 6.21 Å². The van der Waals surface area contributed by atoms with E-state index in [1.165, 1.54) is 24.4 Å². The number of imide groups is 1. The largest absolute Gasteiger partial charge is 0.504 e. The van der Waals surface area contributed by atoms with Gasteiger partial charge >= 0.3 is 6.03 Å². The lowest BCUT2D eigenvalue weighted by Gasteiger charge is -2.15. The van der Waals surface area contributed by atoms with E-state index in [2.05, 4.69) is 15.8 Å². The first-order chi connectivity index (χ1) is 11.2. The van der Waals surface area contributed by atoms with Crippen molar-refractivity contribution >= 4 is 24.1 Å². The molecule has 1 aromatic rings. The van der Waals surface area contributed by atoms with Crippen molar-refractivity contribution in [1.82, 2.24) is 15.6 Å². The van der Waals surface area contributed by atoms with Crippen molar-refractivity contribution in [3.63, 3.8) is 0 Å². The SMILES string of the molecule is CC1(C)NC(=O)N(CCC(=O)N/N=C/c2cccc(O)c2O)C1=O. The predicted molar refractivity (Wildman–Crippen MR) is 84.4 cm³/mol. The van der Waals surface area contributed by atoms with Crippen LogP contribution in [0.15, 0.2) is 23.3 Å². The minimum absolute atomic E-state index is 0.0627. The maximum absolute atomic E-state index is 11.9. The van der Waals surface area contributed by atoms with E-state index in [0.717, 1.165) is 4.90 Å². The molecule has 1 saturated heterocycles. The third kappa shape index (κ3) is 3.62. The van der Waals surface area contributed by atoms with Crippen LogP contribution in [0.2, 0.25) is 0 Å². The monoisotopic (exact) mass is 334 g/mol. The maximum atomic E-state index is 11.9. The second-order valence-corrected chi connectivity index (χ2v) is 5.77. The van der Waals surface area contributed by atoms with Crippen LogP contribution in [0.5, 0.6) is 11.5 Å². The van der Waals surface area contributed by atoms with E-state index in [0.29, 0.717) is 0 Å². The Morgan fingerprint density at radius 2 is 2.08 bits per heavy atom. The zero-order valence-electron chi connectivity index (χ0n) is 13.2. The van der Waals surface area contributed by atoms with Gasteiger partial charge in [-0.25, -0.2) is 10.2 Å². The maximum Gasteiger partial charge on any atom is 0.325 e. The second-order valence-electron chi connectivity index (χ2n) is 5.77. The molecule has 0 unspecified atom stereocenters. The van der Waals surface area contributed by atoms with Crippen molar-refractivity contribution in [3.05, 3.63) is 23.8 Å². The van der Waals surface area contributed by atoms with Crippen molar-refractivity contribution in [2.75, 3.05) is 6.54 Å². The van der Waals surface area contributed by atoms with E-state index in [4.69, 9.17) is 0 Å². The summed E-state index contributed by atoms with van der Waals surface area (Å²) in [6, 6.07) is 3.79. The van der Waals surface area contributed by atoms with E-state index in [1.54, 1.807) is 13.8 Å². The van der Waals surface area contributed by atoms with Crippen molar-refractivity contribution in [2.45, 2.75) is 25.8 Å². The number of aromatic hydroxyl groups is 2. The minimum Gasteiger partial charge on any atom is -0.504 e. The number of nitrogens with one attached hydrogen (secondary N) is 2. The highest BCUT2D eigenvalue weighted by molar-refractivity contribution is 6.06. The topological polar surface area (TPSA) is 131 Å². The summed E-state index contributed by atoms with van der Waals surface area (Å²) in [5, 5.41) is 25.1. The van der Waals surface area contributed by atoms with Crippen LogP contribution in [0.3, 0.4) is 0 Å². The summed E-state index contributed by atoms with van der Waals surface area (Å²) in [6.07, 6.45) is 1.06. The van der Waals surface area contributed by atoms with Crippen LogP contribution in [0.4, 0.5) is 4.79 Å². The number of amides is 4. The second kappa shape index (κ2) is 6.57. The molecule has 1 aliphatic rings. The van der Waals surface area contributed by atoms with Gasteiger partial charge in [0.2, 0.25) is 5.91 Å². The van der Waals surface area contributed by atoms with Crippen LogP contribution in [-0.4, -0.2) is 51.3 Å². The Labute approximate surface area is 138 Å². The first-order valence-corrected chi connectivity index (χ1v) is 7.19. The molecule has 1 aromatic carbocycles. The summed E-state index contributed by atoms with van der Waals surface area (Å²) >= 11 is 0. The van der Waals surface area contributed by atoms with Gasteiger partial charge in [0.25, 0.3) is 5.91 Å². The Bertz CT molecular complexity index is 714. The first-order valence-electron chi connectivity index (χ1n) is 7.19. The first kappa shape index (κ1) is 17.3. The standard InChI is InChI=1S/C15H18N4O5/c1-15(2)13(23)19(14(24)17-15)7-6-11(21)18-16-8-9-4-3-5-10(20)12(9)22/h3-5,8,20,22H,6-7H2,1-2H3,(H,17,24)(H,18,21)/b16-8+. The number of nitrogens with zero attached hydrogens (tertiary/aromatic N) is 2. The molecule has 9 nitrogen and oxygen atoms in total. The minimum atomic E-state index is -0.974. The molecule has 1 aliphatic heterocycles. The van der Waals surface area contributed by atoms with E-state index >= 15 is 0 Å². The van der Waals surface area contributed by atoms with Gasteiger partial charge in [0, 0.05) is 18.5 Å². The summed E-state index contributed by atoms with van der Waals surface area (Å²) in [6.45, 7) is 3.10. The van der Waals surface area contributed by atoms with Gasteiger partial charge in [0.15, 0.2) is 11.5 Å². The van der Waals surface area contributed by atoms with Crippen LogP contribution >= 0.6 is 0 Å². The van der Waals surface area contributed by atoms with Crippen LogP contribution in [0, 0.1) is 0 Å². The molecule has 0 aromatic heterocycles. The molecule has 0 bridgehead atoms. The lowest BCUT2D eigenvalue weighted by atomic mass is 10.1. The summed E-state index contributed by atoms with van der Waals surface area (Å²) in [4.78, 5) is 36.3. The van der Waals surface area contributed by atoms with Crippen LogP contribution < -0.4 is 10.7 Å². The highest BCUT2D eigenvalue weighted by atomic mass is 16.3. The number of urea groups is 1. The van der Waals surface area contributed by atoms with Gasteiger partial charge in [-0.2, -0.15) is 5.10 Å². The number of hydrazone groups is 1. The highest BCUT2D eigenvalue weighted by Crippen LogP contribution is 2.26. The van der Waals surface area contributed by atoms with Crippen molar-refractivity contribution in [1.29, 1.82) is 0 Å². The fourth-order valence-corrected chi connectivity index (χ4v) is 2.12. The van der Waals surface area contributed by atoms with Gasteiger partial charge in [-0.1, -0.05) is 6.07 Å². The fraction of sp³-hybridized carbons (Fsp3) is 0.333. The van der Waals surface area contributed by atoms with Crippen LogP contribution in [0.25, 0.3) is 0 Å². The molecule has 0 spiro atoms. The number of rotatable bonds is 5. The number of phenolic OH excluding ortho intramolecular Hbond substituents is 2. The molecular weight excluding hydrogens is 316 g/mol. The molecule has 0 saturated carbocycles. The average Bonchev–Trinajstić information content (AvgIpc) is 2.70. The predicted octanol–water partition coefficient (Wildman–Crippen LogP) is 0.268. The van der Waals surface area contributed by atoms with Crippen molar-refractivity contribution in [2.24, 2.45) is 5.10 Å². The van der Waals surface area contributed by atoms with Crippen molar-refractivity contribution < 1.29 is 24.6 Å². The number of carbonyl (C=O) groups is 3. The zero-order chi connectivity index (χ0) is 17.9. The van der Waals surface area contributed by atoms with Gasteiger partial charge in [-0.05, 0) is 26.0 Å². The van der Waals surface area contributed by atoms with E-state index in [9.17, 15) is 24.6 Å². The third-order valence-corrected chi connectivity index (χ3v) is 3.45. The van der Waals surface area contributed by atoms with Gasteiger partial charge in [0.1, 0.15) is 5.54 Å².